The van der Waals surface area contributed by atoms with Crippen molar-refractivity contribution in [3.63, 3.8) is 0 Å². The molecule has 0 aliphatic heterocycles. The number of carbonyl (C=O) groups excluding carboxylic acids is 1. The molecule has 0 unspecified atom stereocenters. The zero-order valence-electron chi connectivity index (χ0n) is 9.58. The molecule has 8 nitrogen and oxygen atoms in total. The lowest BCUT2D eigenvalue weighted by Gasteiger charge is -1.97. The van der Waals surface area contributed by atoms with Crippen molar-refractivity contribution >= 4 is 12.1 Å². The van der Waals surface area contributed by atoms with Gasteiger partial charge in [0.1, 0.15) is 0 Å². The van der Waals surface area contributed by atoms with E-state index in [2.05, 4.69) is 20.5 Å². The third-order valence-electron chi connectivity index (χ3n) is 2.07. The number of pyridine rings is 1. The molecule has 3 N–H and O–H groups in total. The van der Waals surface area contributed by atoms with Gasteiger partial charge in [-0.2, -0.15) is 5.10 Å². The molecule has 1 amide bonds. The van der Waals surface area contributed by atoms with E-state index < -0.39 is 17.2 Å². The maximum absolute atomic E-state index is 11.6. The van der Waals surface area contributed by atoms with E-state index in [1.807, 2.05) is 4.98 Å². The van der Waals surface area contributed by atoms with Gasteiger partial charge in [-0.1, -0.05) is 0 Å². The van der Waals surface area contributed by atoms with Crippen LogP contribution in [0.15, 0.2) is 45.3 Å². The molecule has 0 radical (unpaired) electrons. The minimum Gasteiger partial charge on any atom is -0.306 e. The molecule has 8 heteroatoms. The Morgan fingerprint density at radius 1 is 1.37 bits per heavy atom. The van der Waals surface area contributed by atoms with E-state index in [-0.39, 0.29) is 5.69 Å². The largest absolute Gasteiger partial charge is 0.326 e. The highest BCUT2D eigenvalue weighted by atomic mass is 16.2. The maximum Gasteiger partial charge on any atom is 0.326 e. The zero-order chi connectivity index (χ0) is 13.7. The number of aromatic nitrogens is 3. The van der Waals surface area contributed by atoms with Crippen LogP contribution in [-0.2, 0) is 0 Å². The van der Waals surface area contributed by atoms with E-state index in [1.54, 1.807) is 18.3 Å². The molecule has 0 aliphatic rings. The molecule has 0 bridgehead atoms. The highest BCUT2D eigenvalue weighted by Gasteiger charge is 2.02. The van der Waals surface area contributed by atoms with Crippen molar-refractivity contribution in [2.45, 2.75) is 0 Å². The predicted molar refractivity (Wildman–Crippen MR) is 67.0 cm³/mol. The molecule has 0 aromatic carbocycles. The topological polar surface area (TPSA) is 120 Å². The van der Waals surface area contributed by atoms with E-state index >= 15 is 0 Å². The van der Waals surface area contributed by atoms with Crippen LogP contribution in [-0.4, -0.2) is 27.1 Å². The number of nitrogens with zero attached hydrogens (tertiary/aromatic N) is 2. The summed E-state index contributed by atoms with van der Waals surface area (Å²) in [7, 11) is 0. The minimum atomic E-state index is -0.646. The lowest BCUT2D eigenvalue weighted by atomic mass is 10.3. The Morgan fingerprint density at radius 3 is 2.89 bits per heavy atom. The second-order valence-corrected chi connectivity index (χ2v) is 3.48. The maximum atomic E-state index is 11.6. The SMILES string of the molecule is O=C(NN=Cc1cc(=O)[nH]c(=O)[nH]1)c1cccnc1. The molecule has 2 rings (SSSR count). The normalized spacial score (nSPS) is 10.5. The van der Waals surface area contributed by atoms with Crippen LogP contribution in [0.1, 0.15) is 16.1 Å². The van der Waals surface area contributed by atoms with Gasteiger partial charge in [0.25, 0.3) is 11.5 Å². The second-order valence-electron chi connectivity index (χ2n) is 3.48. The lowest BCUT2D eigenvalue weighted by Crippen LogP contribution is -2.23. The quantitative estimate of drug-likeness (QED) is 0.494. The fourth-order valence-corrected chi connectivity index (χ4v) is 1.28. The number of hydrogen-bond acceptors (Lipinski definition) is 5. The number of hydrogen-bond donors (Lipinski definition) is 3. The van der Waals surface area contributed by atoms with E-state index in [9.17, 15) is 14.4 Å². The number of aromatic amines is 2. The number of rotatable bonds is 3. The van der Waals surface area contributed by atoms with Gasteiger partial charge in [-0.25, -0.2) is 10.2 Å². The Balaban J connectivity index is 2.06. The van der Waals surface area contributed by atoms with Gasteiger partial charge in [-0.15, -0.1) is 0 Å². The molecular formula is C11H9N5O3. The van der Waals surface area contributed by atoms with Crippen LogP contribution in [0.5, 0.6) is 0 Å². The second kappa shape index (κ2) is 5.54. The number of hydrazone groups is 1. The Morgan fingerprint density at radius 2 is 2.21 bits per heavy atom. The third-order valence-corrected chi connectivity index (χ3v) is 2.07. The standard InChI is InChI=1S/C11H9N5O3/c17-9-4-8(14-11(19)15-9)6-13-16-10(18)7-2-1-3-12-5-7/h1-6H,(H,16,18)(H2,14,15,17,19). The summed E-state index contributed by atoms with van der Waals surface area (Å²) >= 11 is 0. The molecule has 0 spiro atoms. The van der Waals surface area contributed by atoms with E-state index in [1.165, 1.54) is 6.20 Å². The number of H-pyrrole nitrogens is 2. The summed E-state index contributed by atoms with van der Waals surface area (Å²) in [6.45, 7) is 0. The van der Waals surface area contributed by atoms with E-state index in [4.69, 9.17) is 0 Å². The fraction of sp³-hybridized carbons (Fsp3) is 0. The van der Waals surface area contributed by atoms with Crippen LogP contribution in [0, 0.1) is 0 Å². The zero-order valence-corrected chi connectivity index (χ0v) is 9.58. The molecule has 0 fully saturated rings. The summed E-state index contributed by atoms with van der Waals surface area (Å²) < 4.78 is 0. The number of nitrogens with one attached hydrogen (secondary N) is 3. The average molecular weight is 259 g/mol. The lowest BCUT2D eigenvalue weighted by molar-refractivity contribution is 0.0955. The van der Waals surface area contributed by atoms with Gasteiger partial charge in [-0.3, -0.25) is 19.6 Å². The minimum absolute atomic E-state index is 0.181. The number of amides is 1. The Kier molecular flexibility index (Phi) is 3.62. The van der Waals surface area contributed by atoms with Gasteiger partial charge in [-0.05, 0) is 12.1 Å². The molecule has 0 saturated carbocycles. The highest BCUT2D eigenvalue weighted by molar-refractivity contribution is 5.94. The van der Waals surface area contributed by atoms with E-state index in [0.29, 0.717) is 5.56 Å². The first-order chi connectivity index (χ1) is 9.15. The summed E-state index contributed by atoms with van der Waals surface area (Å²) in [5, 5.41) is 3.62. The summed E-state index contributed by atoms with van der Waals surface area (Å²) in [6, 6.07) is 4.33. The van der Waals surface area contributed by atoms with Gasteiger partial charge in [0.05, 0.1) is 17.5 Å². The van der Waals surface area contributed by atoms with Crippen LogP contribution in [0.2, 0.25) is 0 Å². The first-order valence-electron chi connectivity index (χ1n) is 5.22. The molecule has 0 saturated heterocycles. The fourth-order valence-electron chi connectivity index (χ4n) is 1.28. The van der Waals surface area contributed by atoms with Crippen molar-refractivity contribution in [3.8, 4) is 0 Å². The van der Waals surface area contributed by atoms with Gasteiger partial charge < -0.3 is 4.98 Å². The van der Waals surface area contributed by atoms with Crippen LogP contribution >= 0.6 is 0 Å². The molecule has 2 heterocycles. The number of carbonyl (C=O) groups is 1. The van der Waals surface area contributed by atoms with Crippen LogP contribution in [0.25, 0.3) is 0 Å². The van der Waals surface area contributed by atoms with Gasteiger partial charge in [0, 0.05) is 18.5 Å². The van der Waals surface area contributed by atoms with Crippen molar-refractivity contribution in [1.82, 2.24) is 20.4 Å². The molecule has 96 valence electrons. The third kappa shape index (κ3) is 3.46. The first kappa shape index (κ1) is 12.4. The van der Waals surface area contributed by atoms with Crippen molar-refractivity contribution in [2.75, 3.05) is 0 Å². The summed E-state index contributed by atoms with van der Waals surface area (Å²) in [6.07, 6.45) is 4.09. The van der Waals surface area contributed by atoms with Crippen molar-refractivity contribution < 1.29 is 4.79 Å². The molecular weight excluding hydrogens is 250 g/mol. The Hall–Kier alpha value is -3.03. The van der Waals surface area contributed by atoms with Crippen LogP contribution in [0.3, 0.4) is 0 Å². The van der Waals surface area contributed by atoms with Crippen molar-refractivity contribution in [2.24, 2.45) is 5.10 Å². The Bertz CT molecular complexity index is 689. The average Bonchev–Trinajstić information content (AvgIpc) is 2.38. The van der Waals surface area contributed by atoms with Crippen molar-refractivity contribution in [3.05, 3.63) is 62.7 Å². The van der Waals surface area contributed by atoms with Crippen molar-refractivity contribution in [1.29, 1.82) is 0 Å². The van der Waals surface area contributed by atoms with Gasteiger partial charge in [0.2, 0.25) is 0 Å². The van der Waals surface area contributed by atoms with Gasteiger partial charge >= 0.3 is 5.69 Å². The van der Waals surface area contributed by atoms with Crippen LogP contribution < -0.4 is 16.7 Å². The summed E-state index contributed by atoms with van der Waals surface area (Å²) in [5.74, 6) is -0.448. The summed E-state index contributed by atoms with van der Waals surface area (Å²) in [4.78, 5) is 41.7. The molecule has 19 heavy (non-hydrogen) atoms. The monoisotopic (exact) mass is 259 g/mol. The van der Waals surface area contributed by atoms with Gasteiger partial charge in [0.15, 0.2) is 0 Å². The smallest absolute Gasteiger partial charge is 0.306 e. The molecule has 2 aromatic heterocycles. The predicted octanol–water partition coefficient (Wildman–Crippen LogP) is -0.778. The Labute approximate surface area is 106 Å². The molecule has 0 aliphatic carbocycles. The molecule has 0 atom stereocenters. The summed E-state index contributed by atoms with van der Waals surface area (Å²) in [5.41, 5.74) is 1.57. The van der Waals surface area contributed by atoms with Crippen LogP contribution in [0.4, 0.5) is 0 Å². The van der Waals surface area contributed by atoms with E-state index in [0.717, 1.165) is 12.3 Å². The highest BCUT2D eigenvalue weighted by Crippen LogP contribution is 1.94. The first-order valence-corrected chi connectivity index (χ1v) is 5.22. The molecule has 2 aromatic rings.